The number of carbonyl (C=O) groups is 1. The molecule has 3 aromatic heterocycles. The number of hydrazone groups is 1. The number of nitrogens with zero attached hydrogens (tertiary/aromatic N) is 7. The van der Waals surface area contributed by atoms with Crippen LogP contribution in [0.4, 0.5) is 33.6 Å². The Balaban J connectivity index is 1.60. The average Bonchev–Trinajstić information content (AvgIpc) is 3.49. The number of nitrogens with two attached hydrogens (primary N) is 3. The van der Waals surface area contributed by atoms with Crippen LogP contribution in [0.15, 0.2) is 23.7 Å². The highest BCUT2D eigenvalue weighted by Crippen LogP contribution is 2.55. The summed E-state index contributed by atoms with van der Waals surface area (Å²) in [6.45, 7) is 0. The molecular formula is C21H22F5N11O. The van der Waals surface area contributed by atoms with Crippen LogP contribution in [-0.2, 0) is 16.6 Å². The van der Waals surface area contributed by atoms with Gasteiger partial charge in [-0.05, 0) is 25.2 Å². The minimum absolute atomic E-state index is 0.0113. The summed E-state index contributed by atoms with van der Waals surface area (Å²) in [6.07, 6.45) is -2.41. The minimum Gasteiger partial charge on any atom is -0.383 e. The Bertz CT molecular complexity index is 1460. The first-order valence-electron chi connectivity index (χ1n) is 11.3. The van der Waals surface area contributed by atoms with Gasteiger partial charge in [-0.1, -0.05) is 0 Å². The Kier molecular flexibility index (Phi) is 5.66. The zero-order valence-corrected chi connectivity index (χ0v) is 19.8. The molecule has 2 aliphatic rings. The lowest BCUT2D eigenvalue weighted by Crippen LogP contribution is -2.54. The number of alkyl halides is 5. The van der Waals surface area contributed by atoms with E-state index in [1.807, 2.05) is 0 Å². The molecule has 0 saturated heterocycles. The van der Waals surface area contributed by atoms with Gasteiger partial charge in [0.15, 0.2) is 17.3 Å². The van der Waals surface area contributed by atoms with Crippen LogP contribution >= 0.6 is 0 Å². The molecule has 0 aromatic carbocycles. The zero-order valence-electron chi connectivity index (χ0n) is 19.8. The van der Waals surface area contributed by atoms with Gasteiger partial charge in [0.1, 0.15) is 22.7 Å². The first-order valence-corrected chi connectivity index (χ1v) is 11.3. The molecule has 17 heteroatoms. The van der Waals surface area contributed by atoms with Crippen LogP contribution in [0.3, 0.4) is 0 Å². The van der Waals surface area contributed by atoms with Crippen LogP contribution in [0.25, 0.3) is 17.2 Å². The number of amidine groups is 1. The zero-order chi connectivity index (χ0) is 27.6. The van der Waals surface area contributed by atoms with Gasteiger partial charge >= 0.3 is 12.1 Å². The number of imidazole rings is 1. The van der Waals surface area contributed by atoms with Crippen molar-refractivity contribution in [1.82, 2.24) is 29.3 Å². The van der Waals surface area contributed by atoms with Crippen molar-refractivity contribution >= 4 is 29.0 Å². The standard InChI is InChI=1S/C21H22F5N11O/c1-36(29)17(35-28)20(9-2-3-9)12-13(27)32-14(33-15(12)34-18(20)38)11-8-37-7-6-30-16(37)10(31-11)4-5-19(22,23)21(24,25)26/h6-9H,2-5,28-29H2,1H3,(H3,27,32,33,34,38)/b35-17-. The second-order valence-corrected chi connectivity index (χ2v) is 9.19. The van der Waals surface area contributed by atoms with E-state index < -0.39 is 36.3 Å². The number of amides is 1. The van der Waals surface area contributed by atoms with Crippen molar-refractivity contribution in [2.24, 2.45) is 22.7 Å². The molecule has 0 bridgehead atoms. The molecule has 5 rings (SSSR count). The van der Waals surface area contributed by atoms with Gasteiger partial charge in [-0.2, -0.15) is 27.1 Å². The van der Waals surface area contributed by atoms with Crippen molar-refractivity contribution in [3.63, 3.8) is 0 Å². The van der Waals surface area contributed by atoms with Crippen LogP contribution in [0.1, 0.15) is 30.5 Å². The lowest BCUT2D eigenvalue weighted by Gasteiger charge is -2.32. The van der Waals surface area contributed by atoms with E-state index in [2.05, 4.69) is 30.4 Å². The SMILES string of the molecule is CN(N)/C(=N\N)C1(C2CC2)C(=O)Nc2nc(-c3cn4ccnc4c(CCC(F)(F)C(F)(F)F)n3)nc(N)c21. The number of rotatable bonds is 6. The Hall–Kier alpha value is -4.15. The molecule has 1 fully saturated rings. The summed E-state index contributed by atoms with van der Waals surface area (Å²) in [7, 11) is 1.47. The summed E-state index contributed by atoms with van der Waals surface area (Å²) in [5.41, 5.74) is 5.12. The van der Waals surface area contributed by atoms with Crippen LogP contribution in [0, 0.1) is 5.92 Å². The predicted octanol–water partition coefficient (Wildman–Crippen LogP) is 1.58. The summed E-state index contributed by atoms with van der Waals surface area (Å²) in [5.74, 6) is 5.83. The molecule has 0 radical (unpaired) electrons. The van der Waals surface area contributed by atoms with Crippen molar-refractivity contribution in [2.45, 2.75) is 43.2 Å². The molecular weight excluding hydrogens is 517 g/mol. The van der Waals surface area contributed by atoms with Crippen molar-refractivity contribution in [2.75, 3.05) is 18.1 Å². The third kappa shape index (κ3) is 3.75. The van der Waals surface area contributed by atoms with E-state index in [4.69, 9.17) is 17.4 Å². The molecule has 38 heavy (non-hydrogen) atoms. The van der Waals surface area contributed by atoms with Gasteiger partial charge in [0.05, 0.1) is 11.3 Å². The second kappa shape index (κ2) is 8.44. The van der Waals surface area contributed by atoms with E-state index >= 15 is 0 Å². The first-order chi connectivity index (χ1) is 17.8. The number of hydrazine groups is 1. The number of aromatic nitrogens is 5. The van der Waals surface area contributed by atoms with Gasteiger partial charge in [0, 0.05) is 32.1 Å². The van der Waals surface area contributed by atoms with E-state index in [9.17, 15) is 26.7 Å². The van der Waals surface area contributed by atoms with E-state index in [0.717, 1.165) is 5.01 Å². The Morgan fingerprint density at radius 1 is 1.26 bits per heavy atom. The number of fused-ring (bicyclic) bond motifs is 2. The van der Waals surface area contributed by atoms with E-state index in [-0.39, 0.29) is 51.8 Å². The van der Waals surface area contributed by atoms with Gasteiger partial charge in [0.2, 0.25) is 5.91 Å². The van der Waals surface area contributed by atoms with Crippen molar-refractivity contribution in [3.8, 4) is 11.5 Å². The highest BCUT2D eigenvalue weighted by molar-refractivity contribution is 6.23. The van der Waals surface area contributed by atoms with Gasteiger partial charge in [-0.25, -0.2) is 25.8 Å². The van der Waals surface area contributed by atoms with Crippen LogP contribution in [0.2, 0.25) is 0 Å². The number of hydrogen-bond donors (Lipinski definition) is 4. The maximum absolute atomic E-state index is 13.6. The highest BCUT2D eigenvalue weighted by atomic mass is 19.4. The monoisotopic (exact) mass is 539 g/mol. The van der Waals surface area contributed by atoms with Crippen LogP contribution in [-0.4, -0.2) is 60.2 Å². The molecule has 4 heterocycles. The molecule has 3 aromatic rings. The van der Waals surface area contributed by atoms with Gasteiger partial charge in [0.25, 0.3) is 0 Å². The molecule has 1 saturated carbocycles. The number of carbonyl (C=O) groups excluding carboxylic acids is 1. The maximum Gasteiger partial charge on any atom is 0.453 e. The summed E-state index contributed by atoms with van der Waals surface area (Å²) < 4.78 is 66.7. The molecule has 0 spiro atoms. The highest BCUT2D eigenvalue weighted by Gasteiger charge is 2.63. The second-order valence-electron chi connectivity index (χ2n) is 9.19. The van der Waals surface area contributed by atoms with E-state index in [0.29, 0.717) is 12.8 Å². The van der Waals surface area contributed by atoms with Crippen LogP contribution in [0.5, 0.6) is 0 Å². The van der Waals surface area contributed by atoms with Crippen molar-refractivity contribution in [3.05, 3.63) is 29.8 Å². The summed E-state index contributed by atoms with van der Waals surface area (Å²) >= 11 is 0. The molecule has 12 nitrogen and oxygen atoms in total. The number of halogens is 5. The van der Waals surface area contributed by atoms with Gasteiger partial charge in [-0.15, -0.1) is 0 Å². The third-order valence-corrected chi connectivity index (χ3v) is 6.68. The Morgan fingerprint density at radius 2 is 1.97 bits per heavy atom. The Morgan fingerprint density at radius 3 is 2.58 bits per heavy atom. The number of nitrogen functional groups attached to an aromatic ring is 1. The van der Waals surface area contributed by atoms with Crippen LogP contribution < -0.4 is 22.7 Å². The molecule has 1 aliphatic carbocycles. The van der Waals surface area contributed by atoms with Gasteiger partial charge in [-0.3, -0.25) is 9.80 Å². The molecule has 1 atom stereocenters. The summed E-state index contributed by atoms with van der Waals surface area (Å²) in [4.78, 5) is 30.3. The lowest BCUT2D eigenvalue weighted by atomic mass is 9.75. The number of aryl methyl sites for hydroxylation is 1. The third-order valence-electron chi connectivity index (χ3n) is 6.68. The lowest BCUT2D eigenvalue weighted by molar-refractivity contribution is -0.284. The largest absolute Gasteiger partial charge is 0.453 e. The topological polar surface area (TPSA) is 179 Å². The average molecular weight is 539 g/mol. The molecule has 202 valence electrons. The van der Waals surface area contributed by atoms with Crippen molar-refractivity contribution in [1.29, 1.82) is 0 Å². The molecule has 7 N–H and O–H groups in total. The maximum atomic E-state index is 13.6. The number of nitrogens with one attached hydrogen (secondary N) is 1. The Labute approximate surface area is 211 Å². The van der Waals surface area contributed by atoms with Gasteiger partial charge < -0.3 is 21.3 Å². The summed E-state index contributed by atoms with van der Waals surface area (Å²) in [5, 5.41) is 7.55. The fourth-order valence-corrected chi connectivity index (χ4v) is 4.85. The predicted molar refractivity (Wildman–Crippen MR) is 124 cm³/mol. The van der Waals surface area contributed by atoms with Crippen molar-refractivity contribution < 1.29 is 26.7 Å². The first kappa shape index (κ1) is 25.5. The smallest absolute Gasteiger partial charge is 0.383 e. The normalized spacial score (nSPS) is 20.1. The quantitative estimate of drug-likeness (QED) is 0.119. The molecule has 1 unspecified atom stereocenters. The minimum atomic E-state index is -5.70. The molecule has 1 aliphatic heterocycles. The fourth-order valence-electron chi connectivity index (χ4n) is 4.85. The molecule has 1 amide bonds. The number of hydrogen-bond acceptors (Lipinski definition) is 9. The van der Waals surface area contributed by atoms with E-state index in [1.54, 1.807) is 0 Å². The number of likely N-dealkylation sites (N-methyl/N-ethyl adjacent to an activating group) is 1. The summed E-state index contributed by atoms with van der Waals surface area (Å²) in [6, 6.07) is 0. The van der Waals surface area contributed by atoms with E-state index in [1.165, 1.54) is 30.0 Å². The fraction of sp³-hybridized carbons (Fsp3) is 0.429. The number of anilines is 2.